The van der Waals surface area contributed by atoms with Gasteiger partial charge in [0, 0.05) is 18.0 Å². The predicted molar refractivity (Wildman–Crippen MR) is 61.0 cm³/mol. The molecule has 0 aliphatic carbocycles. The van der Waals surface area contributed by atoms with Gasteiger partial charge in [0.15, 0.2) is 5.69 Å². The molecule has 0 atom stereocenters. The summed E-state index contributed by atoms with van der Waals surface area (Å²) in [7, 11) is 1.57. The van der Waals surface area contributed by atoms with Crippen LogP contribution in [0.25, 0.3) is 11.3 Å². The smallest absolute Gasteiger partial charge is 0.356 e. The lowest BCUT2D eigenvalue weighted by Crippen LogP contribution is -2.04. The van der Waals surface area contributed by atoms with Gasteiger partial charge in [0.25, 0.3) is 0 Å². The van der Waals surface area contributed by atoms with E-state index < -0.39 is 5.97 Å². The van der Waals surface area contributed by atoms with Crippen LogP contribution >= 0.6 is 0 Å². The molecular weight excluding hydrogens is 220 g/mol. The molecule has 1 N–H and O–H groups in total. The largest absolute Gasteiger partial charge is 0.497 e. The number of hydrogen-bond acceptors (Lipinski definition) is 4. The zero-order chi connectivity index (χ0) is 12.3. The molecule has 5 nitrogen and oxygen atoms in total. The lowest BCUT2D eigenvalue weighted by atomic mass is 10.1. The van der Waals surface area contributed by atoms with Crippen molar-refractivity contribution in [3.05, 3.63) is 42.4 Å². The van der Waals surface area contributed by atoms with Gasteiger partial charge in [0.2, 0.25) is 0 Å². The molecule has 0 radical (unpaired) electrons. The third-order valence-electron chi connectivity index (χ3n) is 2.26. The molecule has 86 valence electrons. The highest BCUT2D eigenvalue weighted by Crippen LogP contribution is 2.22. The summed E-state index contributed by atoms with van der Waals surface area (Å²) >= 11 is 0. The van der Waals surface area contributed by atoms with Gasteiger partial charge in [0.05, 0.1) is 7.11 Å². The average molecular weight is 230 g/mol. The van der Waals surface area contributed by atoms with Crippen molar-refractivity contribution in [1.82, 2.24) is 9.97 Å². The molecule has 0 saturated heterocycles. The van der Waals surface area contributed by atoms with Gasteiger partial charge in [-0.15, -0.1) is 0 Å². The molecule has 2 aromatic rings. The van der Waals surface area contributed by atoms with Crippen molar-refractivity contribution in [1.29, 1.82) is 0 Å². The standard InChI is InChI=1S/C12H10N2O3/c1-17-9-4-2-8(3-5-9)10-11(12(15)16)14-7-6-13-10/h2-7H,1H3,(H,15,16). The second-order valence-corrected chi connectivity index (χ2v) is 3.29. The van der Waals surface area contributed by atoms with Crippen molar-refractivity contribution in [2.24, 2.45) is 0 Å². The molecule has 0 aliphatic rings. The van der Waals surface area contributed by atoms with Crippen LogP contribution in [0.2, 0.25) is 0 Å². The minimum atomic E-state index is -1.09. The first-order valence-corrected chi connectivity index (χ1v) is 4.91. The van der Waals surface area contributed by atoms with Crippen LogP contribution in [0.1, 0.15) is 10.5 Å². The van der Waals surface area contributed by atoms with Gasteiger partial charge in [-0.25, -0.2) is 9.78 Å². The third-order valence-corrected chi connectivity index (χ3v) is 2.26. The van der Waals surface area contributed by atoms with Gasteiger partial charge in [-0.05, 0) is 24.3 Å². The molecule has 0 spiro atoms. The molecule has 1 aromatic carbocycles. The minimum Gasteiger partial charge on any atom is -0.497 e. The Morgan fingerprint density at radius 2 is 1.82 bits per heavy atom. The summed E-state index contributed by atoms with van der Waals surface area (Å²) < 4.78 is 5.03. The van der Waals surface area contributed by atoms with E-state index in [1.165, 1.54) is 12.4 Å². The first-order valence-electron chi connectivity index (χ1n) is 4.91. The van der Waals surface area contributed by atoms with Gasteiger partial charge in [-0.2, -0.15) is 0 Å². The SMILES string of the molecule is COc1ccc(-c2nccnc2C(=O)O)cc1. The highest BCUT2D eigenvalue weighted by atomic mass is 16.5. The monoisotopic (exact) mass is 230 g/mol. The van der Waals surface area contributed by atoms with E-state index in [-0.39, 0.29) is 5.69 Å². The number of aromatic carboxylic acids is 1. The van der Waals surface area contributed by atoms with Crippen LogP contribution in [0.3, 0.4) is 0 Å². The van der Waals surface area contributed by atoms with Gasteiger partial charge in [0.1, 0.15) is 11.4 Å². The van der Waals surface area contributed by atoms with E-state index in [1.807, 2.05) is 0 Å². The number of benzene rings is 1. The minimum absolute atomic E-state index is 0.0577. The summed E-state index contributed by atoms with van der Waals surface area (Å²) in [5.41, 5.74) is 0.983. The maximum absolute atomic E-state index is 11.0. The lowest BCUT2D eigenvalue weighted by Gasteiger charge is -2.05. The highest BCUT2D eigenvalue weighted by molar-refractivity contribution is 5.92. The summed E-state index contributed by atoms with van der Waals surface area (Å²) in [5, 5.41) is 9.00. The first-order chi connectivity index (χ1) is 8.22. The average Bonchev–Trinajstić information content (AvgIpc) is 2.39. The summed E-state index contributed by atoms with van der Waals surface area (Å²) in [5.74, 6) is -0.390. The molecule has 0 bridgehead atoms. The number of hydrogen-bond donors (Lipinski definition) is 1. The molecule has 0 saturated carbocycles. The van der Waals surface area contributed by atoms with Crippen LogP contribution in [0.5, 0.6) is 5.75 Å². The third kappa shape index (κ3) is 2.23. The van der Waals surface area contributed by atoms with E-state index in [0.29, 0.717) is 17.0 Å². The number of rotatable bonds is 3. The quantitative estimate of drug-likeness (QED) is 0.871. The Bertz CT molecular complexity index is 538. The zero-order valence-corrected chi connectivity index (χ0v) is 9.12. The Kier molecular flexibility index (Phi) is 3.00. The van der Waals surface area contributed by atoms with Crippen molar-refractivity contribution in [3.8, 4) is 17.0 Å². The van der Waals surface area contributed by atoms with Gasteiger partial charge < -0.3 is 9.84 Å². The second kappa shape index (κ2) is 4.61. The number of carboxylic acids is 1. The number of nitrogens with zero attached hydrogens (tertiary/aromatic N) is 2. The van der Waals surface area contributed by atoms with Gasteiger partial charge in [-0.3, -0.25) is 4.98 Å². The van der Waals surface area contributed by atoms with E-state index in [2.05, 4.69) is 9.97 Å². The van der Waals surface area contributed by atoms with E-state index in [1.54, 1.807) is 31.4 Å². The summed E-state index contributed by atoms with van der Waals surface area (Å²) in [4.78, 5) is 18.8. The van der Waals surface area contributed by atoms with Crippen molar-refractivity contribution in [2.75, 3.05) is 7.11 Å². The number of ether oxygens (including phenoxy) is 1. The maximum Gasteiger partial charge on any atom is 0.356 e. The van der Waals surface area contributed by atoms with Crippen LogP contribution in [0.15, 0.2) is 36.7 Å². The Labute approximate surface area is 97.7 Å². The number of carboxylic acid groups (broad SMARTS) is 1. The summed E-state index contributed by atoms with van der Waals surface area (Å²) in [6, 6.07) is 6.98. The number of aromatic nitrogens is 2. The van der Waals surface area contributed by atoms with E-state index in [0.717, 1.165) is 0 Å². The molecule has 1 aromatic heterocycles. The maximum atomic E-state index is 11.0. The summed E-state index contributed by atoms with van der Waals surface area (Å²) in [6.45, 7) is 0. The molecule has 0 unspecified atom stereocenters. The van der Waals surface area contributed by atoms with Gasteiger partial charge in [-0.1, -0.05) is 0 Å². The van der Waals surface area contributed by atoms with Crippen LogP contribution in [0, 0.1) is 0 Å². The zero-order valence-electron chi connectivity index (χ0n) is 9.12. The molecule has 0 amide bonds. The topological polar surface area (TPSA) is 72.3 Å². The van der Waals surface area contributed by atoms with Crippen molar-refractivity contribution >= 4 is 5.97 Å². The molecule has 17 heavy (non-hydrogen) atoms. The molecule has 0 fully saturated rings. The molecule has 2 rings (SSSR count). The normalized spacial score (nSPS) is 9.94. The molecule has 5 heteroatoms. The number of methoxy groups -OCH3 is 1. The fourth-order valence-electron chi connectivity index (χ4n) is 1.45. The lowest BCUT2D eigenvalue weighted by molar-refractivity contribution is 0.0691. The van der Waals surface area contributed by atoms with Crippen LogP contribution in [-0.2, 0) is 0 Å². The predicted octanol–water partition coefficient (Wildman–Crippen LogP) is 1.85. The van der Waals surface area contributed by atoms with E-state index in [4.69, 9.17) is 9.84 Å². The first kappa shape index (κ1) is 11.1. The number of carbonyl (C=O) groups is 1. The molecule has 0 aliphatic heterocycles. The van der Waals surface area contributed by atoms with Crippen LogP contribution in [0.4, 0.5) is 0 Å². The van der Waals surface area contributed by atoms with Crippen LogP contribution < -0.4 is 4.74 Å². The highest BCUT2D eigenvalue weighted by Gasteiger charge is 2.13. The summed E-state index contributed by atoms with van der Waals surface area (Å²) in [6.07, 6.45) is 2.82. The van der Waals surface area contributed by atoms with Gasteiger partial charge >= 0.3 is 5.97 Å². The fraction of sp³-hybridized carbons (Fsp3) is 0.0833. The second-order valence-electron chi connectivity index (χ2n) is 3.29. The Balaban J connectivity index is 2.48. The van der Waals surface area contributed by atoms with Crippen molar-refractivity contribution in [2.45, 2.75) is 0 Å². The fourth-order valence-corrected chi connectivity index (χ4v) is 1.45. The Morgan fingerprint density at radius 1 is 1.18 bits per heavy atom. The Morgan fingerprint density at radius 3 is 2.41 bits per heavy atom. The van der Waals surface area contributed by atoms with Crippen molar-refractivity contribution < 1.29 is 14.6 Å². The Hall–Kier alpha value is -2.43. The van der Waals surface area contributed by atoms with E-state index >= 15 is 0 Å². The van der Waals surface area contributed by atoms with Crippen LogP contribution in [-0.4, -0.2) is 28.2 Å². The molecule has 1 heterocycles. The van der Waals surface area contributed by atoms with E-state index in [9.17, 15) is 4.79 Å². The van der Waals surface area contributed by atoms with Crippen molar-refractivity contribution in [3.63, 3.8) is 0 Å². The molecular formula is C12H10N2O3.